The summed E-state index contributed by atoms with van der Waals surface area (Å²) in [6.07, 6.45) is 1.36. The number of nitrogen functional groups attached to an aromatic ring is 1. The summed E-state index contributed by atoms with van der Waals surface area (Å²) in [4.78, 5) is 21.6. The number of halogens is 1. The molecule has 8 heteroatoms. The molecule has 0 spiro atoms. The van der Waals surface area contributed by atoms with Crippen molar-refractivity contribution in [3.8, 4) is 0 Å². The molecule has 1 amide bonds. The van der Waals surface area contributed by atoms with Crippen LogP contribution in [-0.4, -0.2) is 38.0 Å². The number of nitrogens with two attached hydrogens (primary N) is 1. The number of nitrogens with one attached hydrogen (secondary N) is 1. The number of hydrogen-bond acceptors (Lipinski definition) is 5. The molecule has 2 heterocycles. The van der Waals surface area contributed by atoms with E-state index in [1.54, 1.807) is 14.0 Å². The molecule has 0 saturated carbocycles. The Labute approximate surface area is 114 Å². The Morgan fingerprint density at radius 3 is 2.95 bits per heavy atom. The quantitative estimate of drug-likeness (QED) is 0.817. The van der Waals surface area contributed by atoms with Gasteiger partial charge in [-0.25, -0.2) is 9.97 Å². The van der Waals surface area contributed by atoms with Gasteiger partial charge in [0.15, 0.2) is 5.82 Å². The van der Waals surface area contributed by atoms with Crippen molar-refractivity contribution in [3.05, 3.63) is 34.6 Å². The molecular weight excluding hydrogens is 268 g/mol. The van der Waals surface area contributed by atoms with Gasteiger partial charge in [-0.3, -0.25) is 9.89 Å². The second kappa shape index (κ2) is 5.23. The molecule has 100 valence electrons. The summed E-state index contributed by atoms with van der Waals surface area (Å²) >= 11 is 5.76. The summed E-state index contributed by atoms with van der Waals surface area (Å²) in [6, 6.07) is 1.44. The first-order valence-corrected chi connectivity index (χ1v) is 5.89. The van der Waals surface area contributed by atoms with Gasteiger partial charge in [-0.1, -0.05) is 11.6 Å². The van der Waals surface area contributed by atoms with E-state index >= 15 is 0 Å². The number of aromatic nitrogens is 4. The minimum Gasteiger partial charge on any atom is -0.397 e. The number of aryl methyl sites for hydroxylation is 1. The van der Waals surface area contributed by atoms with E-state index in [1.807, 2.05) is 0 Å². The van der Waals surface area contributed by atoms with Gasteiger partial charge in [0.2, 0.25) is 0 Å². The molecule has 0 aliphatic rings. The SMILES string of the molecule is Cc1nc(CN(C)C(=O)c2cc(Cl)ncc2N)n[nH]1. The van der Waals surface area contributed by atoms with Crippen molar-refractivity contribution in [1.82, 2.24) is 25.1 Å². The molecule has 0 fully saturated rings. The third kappa shape index (κ3) is 3.00. The van der Waals surface area contributed by atoms with Gasteiger partial charge in [-0.2, -0.15) is 5.10 Å². The number of carbonyl (C=O) groups excluding carboxylic acids is 1. The summed E-state index contributed by atoms with van der Waals surface area (Å²) in [7, 11) is 1.64. The minimum atomic E-state index is -0.260. The van der Waals surface area contributed by atoms with Gasteiger partial charge in [-0.15, -0.1) is 0 Å². The molecule has 0 saturated heterocycles. The lowest BCUT2D eigenvalue weighted by atomic mass is 10.2. The predicted molar refractivity (Wildman–Crippen MR) is 70.6 cm³/mol. The highest BCUT2D eigenvalue weighted by Gasteiger charge is 2.17. The van der Waals surface area contributed by atoms with E-state index in [9.17, 15) is 4.79 Å². The van der Waals surface area contributed by atoms with Crippen LogP contribution in [0, 0.1) is 6.92 Å². The molecule has 0 atom stereocenters. The third-order valence-corrected chi connectivity index (χ3v) is 2.71. The van der Waals surface area contributed by atoms with E-state index in [-0.39, 0.29) is 23.3 Å². The summed E-state index contributed by atoms with van der Waals surface area (Å²) in [5.41, 5.74) is 6.32. The van der Waals surface area contributed by atoms with Gasteiger partial charge in [-0.05, 0) is 13.0 Å². The zero-order valence-electron chi connectivity index (χ0n) is 10.5. The Kier molecular flexibility index (Phi) is 3.66. The minimum absolute atomic E-state index is 0.222. The maximum Gasteiger partial charge on any atom is 0.256 e. The average molecular weight is 281 g/mol. The molecule has 2 aromatic heterocycles. The van der Waals surface area contributed by atoms with Crippen LogP contribution in [0.1, 0.15) is 22.0 Å². The predicted octanol–water partition coefficient (Wildman–Crippen LogP) is 1.02. The lowest BCUT2D eigenvalue weighted by Gasteiger charge is -2.16. The Morgan fingerprint density at radius 1 is 1.58 bits per heavy atom. The van der Waals surface area contributed by atoms with Crippen LogP contribution in [0.25, 0.3) is 0 Å². The second-order valence-corrected chi connectivity index (χ2v) is 4.48. The Hall–Kier alpha value is -2.15. The van der Waals surface area contributed by atoms with Crippen LogP contribution in [0.5, 0.6) is 0 Å². The number of hydrogen-bond donors (Lipinski definition) is 2. The molecule has 0 aliphatic carbocycles. The first-order valence-electron chi connectivity index (χ1n) is 5.51. The first-order chi connectivity index (χ1) is 8.97. The van der Waals surface area contributed by atoms with Gasteiger partial charge in [0.25, 0.3) is 5.91 Å². The summed E-state index contributed by atoms with van der Waals surface area (Å²) in [6.45, 7) is 2.07. The monoisotopic (exact) mass is 280 g/mol. The average Bonchev–Trinajstić information content (AvgIpc) is 2.77. The van der Waals surface area contributed by atoms with Crippen molar-refractivity contribution in [3.63, 3.8) is 0 Å². The van der Waals surface area contributed by atoms with Crippen molar-refractivity contribution < 1.29 is 4.79 Å². The molecule has 2 aromatic rings. The summed E-state index contributed by atoms with van der Waals surface area (Å²) in [5.74, 6) is 0.971. The molecule has 0 bridgehead atoms. The van der Waals surface area contributed by atoms with E-state index in [0.717, 1.165) is 0 Å². The van der Waals surface area contributed by atoms with Crippen LogP contribution in [-0.2, 0) is 6.54 Å². The number of nitrogens with zero attached hydrogens (tertiary/aromatic N) is 4. The van der Waals surface area contributed by atoms with E-state index < -0.39 is 0 Å². The van der Waals surface area contributed by atoms with Crippen LogP contribution in [0.4, 0.5) is 5.69 Å². The standard InChI is InChI=1S/C11H13ClN6O/c1-6-15-10(17-16-6)5-18(2)11(19)7-3-9(12)14-4-8(7)13/h3-4H,5,13H2,1-2H3,(H,15,16,17). The zero-order chi connectivity index (χ0) is 14.0. The lowest BCUT2D eigenvalue weighted by Crippen LogP contribution is -2.27. The molecule has 3 N–H and O–H groups in total. The van der Waals surface area contributed by atoms with Crippen molar-refractivity contribution in [2.24, 2.45) is 0 Å². The van der Waals surface area contributed by atoms with Gasteiger partial charge < -0.3 is 10.6 Å². The number of carbonyl (C=O) groups is 1. The third-order valence-electron chi connectivity index (χ3n) is 2.50. The van der Waals surface area contributed by atoms with E-state index in [0.29, 0.717) is 17.2 Å². The molecule has 0 radical (unpaired) electrons. The first kappa shape index (κ1) is 13.3. The maximum absolute atomic E-state index is 12.2. The fraction of sp³-hybridized carbons (Fsp3) is 0.273. The van der Waals surface area contributed by atoms with Crippen LogP contribution in [0.3, 0.4) is 0 Å². The van der Waals surface area contributed by atoms with E-state index in [4.69, 9.17) is 17.3 Å². The lowest BCUT2D eigenvalue weighted by molar-refractivity contribution is 0.0782. The molecule has 7 nitrogen and oxygen atoms in total. The number of rotatable bonds is 3. The topological polar surface area (TPSA) is 101 Å². The van der Waals surface area contributed by atoms with Crippen molar-refractivity contribution >= 4 is 23.2 Å². The fourth-order valence-corrected chi connectivity index (χ4v) is 1.73. The van der Waals surface area contributed by atoms with Crippen molar-refractivity contribution in [1.29, 1.82) is 0 Å². The van der Waals surface area contributed by atoms with Crippen LogP contribution in [0.15, 0.2) is 12.3 Å². The largest absolute Gasteiger partial charge is 0.397 e. The van der Waals surface area contributed by atoms with Gasteiger partial charge in [0, 0.05) is 7.05 Å². The second-order valence-electron chi connectivity index (χ2n) is 4.09. The van der Waals surface area contributed by atoms with Crippen molar-refractivity contribution in [2.75, 3.05) is 12.8 Å². The zero-order valence-corrected chi connectivity index (χ0v) is 11.3. The van der Waals surface area contributed by atoms with Gasteiger partial charge >= 0.3 is 0 Å². The number of amides is 1. The van der Waals surface area contributed by atoms with E-state index in [2.05, 4.69) is 20.2 Å². The van der Waals surface area contributed by atoms with Crippen LogP contribution >= 0.6 is 11.6 Å². The summed E-state index contributed by atoms with van der Waals surface area (Å²) in [5, 5.41) is 6.91. The number of pyridine rings is 1. The highest BCUT2D eigenvalue weighted by molar-refractivity contribution is 6.29. The molecule has 0 aromatic carbocycles. The van der Waals surface area contributed by atoms with Gasteiger partial charge in [0.1, 0.15) is 11.0 Å². The van der Waals surface area contributed by atoms with Crippen LogP contribution in [0.2, 0.25) is 5.15 Å². The molecule has 19 heavy (non-hydrogen) atoms. The number of anilines is 1. The van der Waals surface area contributed by atoms with E-state index in [1.165, 1.54) is 17.2 Å². The fourth-order valence-electron chi connectivity index (χ4n) is 1.57. The van der Waals surface area contributed by atoms with Gasteiger partial charge in [0.05, 0.1) is 24.0 Å². The molecule has 0 aliphatic heterocycles. The molecule has 2 rings (SSSR count). The maximum atomic E-state index is 12.2. The number of H-pyrrole nitrogens is 1. The highest BCUT2D eigenvalue weighted by Crippen LogP contribution is 2.17. The highest BCUT2D eigenvalue weighted by atomic mass is 35.5. The normalized spacial score (nSPS) is 10.5. The Morgan fingerprint density at radius 2 is 2.32 bits per heavy atom. The van der Waals surface area contributed by atoms with Crippen molar-refractivity contribution in [2.45, 2.75) is 13.5 Å². The summed E-state index contributed by atoms with van der Waals surface area (Å²) < 4.78 is 0. The Balaban J connectivity index is 2.16. The van der Waals surface area contributed by atoms with Crippen LogP contribution < -0.4 is 5.73 Å². The number of aromatic amines is 1. The Bertz CT molecular complexity index is 611. The molecular formula is C11H13ClN6O. The molecule has 0 unspecified atom stereocenters. The smallest absolute Gasteiger partial charge is 0.256 e.